The molecule has 1 aliphatic carbocycles. The zero-order chi connectivity index (χ0) is 20.6. The number of nitrogens with one attached hydrogen (secondary N) is 1. The van der Waals surface area contributed by atoms with Gasteiger partial charge in [0.15, 0.2) is 0 Å². The molecule has 0 bridgehead atoms. The Kier molecular flexibility index (Phi) is 5.42. The minimum Gasteiger partial charge on any atom is -0.329 e. The zero-order valence-electron chi connectivity index (χ0n) is 17.3. The molecule has 0 unspecified atom stereocenters. The van der Waals surface area contributed by atoms with Crippen molar-refractivity contribution in [3.63, 3.8) is 0 Å². The normalized spacial score (nSPS) is 21.7. The predicted molar refractivity (Wildman–Crippen MR) is 114 cm³/mol. The molecular formula is C22H28N4O2S. The molecule has 7 heteroatoms. The second-order valence-electron chi connectivity index (χ2n) is 8.23. The highest BCUT2D eigenvalue weighted by atomic mass is 32.1. The molecule has 1 N–H and O–H groups in total. The van der Waals surface area contributed by atoms with Crippen LogP contribution in [0.15, 0.2) is 24.3 Å². The van der Waals surface area contributed by atoms with Gasteiger partial charge in [0.25, 0.3) is 5.91 Å². The van der Waals surface area contributed by atoms with E-state index in [9.17, 15) is 9.59 Å². The van der Waals surface area contributed by atoms with Gasteiger partial charge in [-0.05, 0) is 44.7 Å². The molecule has 1 aromatic carbocycles. The van der Waals surface area contributed by atoms with E-state index in [-0.39, 0.29) is 17.9 Å². The van der Waals surface area contributed by atoms with Crippen LogP contribution in [0.5, 0.6) is 0 Å². The summed E-state index contributed by atoms with van der Waals surface area (Å²) in [6.45, 7) is 6.08. The van der Waals surface area contributed by atoms with Gasteiger partial charge in [-0.25, -0.2) is 0 Å². The van der Waals surface area contributed by atoms with Gasteiger partial charge in [-0.3, -0.25) is 14.9 Å². The summed E-state index contributed by atoms with van der Waals surface area (Å²) in [5.74, 6) is -0.432. The van der Waals surface area contributed by atoms with Crippen LogP contribution in [0.25, 0.3) is 0 Å². The standard InChI is InChI=1S/C22H28N4O2S/c1-4-14(2)26-20(28)17-11-7-6-10-16(17)18(22(26)12-8-5-9-13-22)19(27)23-21-25-24-15(3)29-21/h6-7,10-11,14,18H,4-5,8-9,12-13H2,1-3H3,(H,23,25,27)/t14-,18-/m0/s1. The first kappa shape index (κ1) is 20.0. The fourth-order valence-electron chi connectivity index (χ4n) is 5.13. The van der Waals surface area contributed by atoms with Crippen molar-refractivity contribution in [1.29, 1.82) is 0 Å². The summed E-state index contributed by atoms with van der Waals surface area (Å²) < 4.78 is 0. The Morgan fingerprint density at radius 1 is 1.28 bits per heavy atom. The highest BCUT2D eigenvalue weighted by Gasteiger charge is 2.55. The molecule has 1 fully saturated rings. The van der Waals surface area contributed by atoms with Crippen LogP contribution in [0.1, 0.15) is 79.2 Å². The van der Waals surface area contributed by atoms with Crippen molar-refractivity contribution >= 4 is 28.3 Å². The molecule has 4 rings (SSSR count). The van der Waals surface area contributed by atoms with Crippen molar-refractivity contribution in [2.45, 2.75) is 76.8 Å². The first-order valence-corrected chi connectivity index (χ1v) is 11.3. The summed E-state index contributed by atoms with van der Waals surface area (Å²) in [6, 6.07) is 7.70. The van der Waals surface area contributed by atoms with Crippen LogP contribution in [0, 0.1) is 6.92 Å². The van der Waals surface area contributed by atoms with Crippen molar-refractivity contribution in [2.24, 2.45) is 0 Å². The van der Waals surface area contributed by atoms with Crippen LogP contribution in [0.3, 0.4) is 0 Å². The van der Waals surface area contributed by atoms with Crippen LogP contribution >= 0.6 is 11.3 Å². The highest BCUT2D eigenvalue weighted by molar-refractivity contribution is 7.15. The van der Waals surface area contributed by atoms with Gasteiger partial charge < -0.3 is 4.90 Å². The largest absolute Gasteiger partial charge is 0.329 e. The van der Waals surface area contributed by atoms with E-state index < -0.39 is 11.5 Å². The summed E-state index contributed by atoms with van der Waals surface area (Å²) >= 11 is 1.37. The summed E-state index contributed by atoms with van der Waals surface area (Å²) in [6.07, 6.45) is 5.78. The third kappa shape index (κ3) is 3.35. The van der Waals surface area contributed by atoms with Gasteiger partial charge in [-0.15, -0.1) is 10.2 Å². The number of amides is 2. The average Bonchev–Trinajstić information content (AvgIpc) is 3.13. The summed E-state index contributed by atoms with van der Waals surface area (Å²) in [4.78, 5) is 29.3. The van der Waals surface area contributed by atoms with Crippen molar-refractivity contribution in [2.75, 3.05) is 5.32 Å². The molecule has 1 aliphatic heterocycles. The number of nitrogens with zero attached hydrogens (tertiary/aromatic N) is 3. The molecular weight excluding hydrogens is 384 g/mol. The van der Waals surface area contributed by atoms with Crippen LogP contribution in [-0.4, -0.2) is 38.5 Å². The van der Waals surface area contributed by atoms with Gasteiger partial charge in [0.05, 0.1) is 11.5 Å². The molecule has 2 amide bonds. The molecule has 2 aliphatic rings. The highest BCUT2D eigenvalue weighted by Crippen LogP contribution is 2.50. The van der Waals surface area contributed by atoms with Gasteiger partial charge in [0.2, 0.25) is 11.0 Å². The third-order valence-electron chi connectivity index (χ3n) is 6.51. The number of hydrogen-bond donors (Lipinski definition) is 1. The number of rotatable bonds is 4. The van der Waals surface area contributed by atoms with E-state index >= 15 is 0 Å². The SMILES string of the molecule is CC[C@H](C)N1C(=O)c2ccccc2[C@@H](C(=O)Nc2nnc(C)s2)C12CCCCC2. The molecule has 29 heavy (non-hydrogen) atoms. The Balaban J connectivity index is 1.85. The molecule has 1 saturated carbocycles. The molecule has 0 saturated heterocycles. The third-order valence-corrected chi connectivity index (χ3v) is 7.26. The topological polar surface area (TPSA) is 75.2 Å². The number of aromatic nitrogens is 2. The molecule has 154 valence electrons. The van der Waals surface area contributed by atoms with Gasteiger partial charge in [0, 0.05) is 11.6 Å². The lowest BCUT2D eigenvalue weighted by Gasteiger charge is -2.55. The summed E-state index contributed by atoms with van der Waals surface area (Å²) in [5.41, 5.74) is 1.01. The smallest absolute Gasteiger partial charge is 0.254 e. The van der Waals surface area contributed by atoms with Gasteiger partial charge in [-0.2, -0.15) is 0 Å². The Morgan fingerprint density at radius 2 is 2.00 bits per heavy atom. The molecule has 2 heterocycles. The lowest BCUT2D eigenvalue weighted by atomic mass is 9.64. The maximum Gasteiger partial charge on any atom is 0.254 e. The van der Waals surface area contributed by atoms with E-state index in [2.05, 4.69) is 29.4 Å². The molecule has 2 aromatic rings. The van der Waals surface area contributed by atoms with E-state index in [1.807, 2.05) is 36.1 Å². The van der Waals surface area contributed by atoms with Gasteiger partial charge in [-0.1, -0.05) is 55.7 Å². The first-order valence-electron chi connectivity index (χ1n) is 10.5. The van der Waals surface area contributed by atoms with E-state index in [1.165, 1.54) is 11.3 Å². The Bertz CT molecular complexity index is 919. The Hall–Kier alpha value is -2.28. The van der Waals surface area contributed by atoms with Crippen LogP contribution < -0.4 is 5.32 Å². The summed E-state index contributed by atoms with van der Waals surface area (Å²) in [5, 5.41) is 12.4. The number of hydrogen-bond acceptors (Lipinski definition) is 5. The van der Waals surface area contributed by atoms with Crippen molar-refractivity contribution < 1.29 is 9.59 Å². The van der Waals surface area contributed by atoms with Crippen LogP contribution in [-0.2, 0) is 4.79 Å². The number of anilines is 1. The zero-order valence-corrected chi connectivity index (χ0v) is 18.1. The number of aryl methyl sites for hydroxylation is 1. The minimum absolute atomic E-state index is 0.0626. The van der Waals surface area contributed by atoms with E-state index in [4.69, 9.17) is 0 Å². The first-order chi connectivity index (χ1) is 14.0. The average molecular weight is 413 g/mol. The van der Waals surface area contributed by atoms with Crippen LogP contribution in [0.4, 0.5) is 5.13 Å². The Labute approximate surface area is 175 Å². The molecule has 1 aromatic heterocycles. The van der Waals surface area contributed by atoms with Crippen molar-refractivity contribution in [3.05, 3.63) is 40.4 Å². The van der Waals surface area contributed by atoms with Gasteiger partial charge >= 0.3 is 0 Å². The van der Waals surface area contributed by atoms with E-state index in [0.717, 1.165) is 49.1 Å². The lowest BCUT2D eigenvalue weighted by molar-refractivity contribution is -0.122. The number of carbonyl (C=O) groups is 2. The lowest BCUT2D eigenvalue weighted by Crippen LogP contribution is -2.64. The van der Waals surface area contributed by atoms with E-state index in [1.54, 1.807) is 0 Å². The number of benzene rings is 1. The van der Waals surface area contributed by atoms with Crippen LogP contribution in [0.2, 0.25) is 0 Å². The quantitative estimate of drug-likeness (QED) is 0.801. The monoisotopic (exact) mass is 412 g/mol. The second-order valence-corrected chi connectivity index (χ2v) is 9.41. The molecule has 0 radical (unpaired) electrons. The second kappa shape index (κ2) is 7.86. The van der Waals surface area contributed by atoms with Crippen molar-refractivity contribution in [1.82, 2.24) is 15.1 Å². The number of fused-ring (bicyclic) bond motifs is 1. The fourth-order valence-corrected chi connectivity index (χ4v) is 5.72. The molecule has 6 nitrogen and oxygen atoms in total. The van der Waals surface area contributed by atoms with E-state index in [0.29, 0.717) is 10.7 Å². The fraction of sp³-hybridized carbons (Fsp3) is 0.545. The molecule has 1 spiro atoms. The maximum atomic E-state index is 13.7. The van der Waals surface area contributed by atoms with Crippen molar-refractivity contribution in [3.8, 4) is 0 Å². The summed E-state index contributed by atoms with van der Waals surface area (Å²) in [7, 11) is 0. The molecule has 2 atom stereocenters. The predicted octanol–water partition coefficient (Wildman–Crippen LogP) is 4.53. The maximum absolute atomic E-state index is 13.7. The Morgan fingerprint density at radius 3 is 2.66 bits per heavy atom. The minimum atomic E-state index is -0.483. The van der Waals surface area contributed by atoms with Gasteiger partial charge in [0.1, 0.15) is 5.01 Å². The number of carbonyl (C=O) groups excluding carboxylic acids is 2.